The summed E-state index contributed by atoms with van der Waals surface area (Å²) in [7, 11) is 0. The van der Waals surface area contributed by atoms with Crippen LogP contribution in [0.1, 0.15) is 5.56 Å². The second-order valence-corrected chi connectivity index (χ2v) is 1.86. The maximum absolute atomic E-state index is 11.8. The van der Waals surface area contributed by atoms with Crippen LogP contribution < -0.4 is 0 Å². The molecule has 1 rings (SSSR count). The fourth-order valence-corrected chi connectivity index (χ4v) is 0.627. The monoisotopic (exact) mass is 209 g/mol. The molecule has 0 radical (unpaired) electrons. The molecule has 0 bridgehead atoms. The SMILES string of the molecule is FC(F)(F)c1ccccc1.[Cu+]. The van der Waals surface area contributed by atoms with E-state index in [1.807, 2.05) is 0 Å². The second kappa shape index (κ2) is 3.79. The third-order valence-electron chi connectivity index (χ3n) is 1.10. The molecule has 1 aromatic carbocycles. The summed E-state index contributed by atoms with van der Waals surface area (Å²) in [6.07, 6.45) is -4.21. The number of hydrogen-bond acceptors (Lipinski definition) is 0. The smallest absolute Gasteiger partial charge is 0.166 e. The molecule has 0 heterocycles. The summed E-state index contributed by atoms with van der Waals surface area (Å²) >= 11 is 0. The van der Waals surface area contributed by atoms with Crippen LogP contribution in [-0.4, -0.2) is 0 Å². The molecule has 0 amide bonds. The molecule has 0 aromatic heterocycles. The van der Waals surface area contributed by atoms with Crippen LogP contribution in [0.25, 0.3) is 0 Å². The number of alkyl halides is 3. The molecule has 0 nitrogen and oxygen atoms in total. The molecule has 0 saturated carbocycles. The average molecular weight is 210 g/mol. The van der Waals surface area contributed by atoms with E-state index < -0.39 is 11.7 Å². The summed E-state index contributed by atoms with van der Waals surface area (Å²) < 4.78 is 35.4. The molecule has 11 heavy (non-hydrogen) atoms. The predicted octanol–water partition coefficient (Wildman–Crippen LogP) is 2.70. The molecule has 0 spiro atoms. The van der Waals surface area contributed by atoms with Crippen molar-refractivity contribution < 1.29 is 30.2 Å². The van der Waals surface area contributed by atoms with E-state index in [-0.39, 0.29) is 17.1 Å². The van der Waals surface area contributed by atoms with E-state index in [2.05, 4.69) is 0 Å². The third kappa shape index (κ3) is 2.95. The van der Waals surface area contributed by atoms with Gasteiger partial charge in [0.2, 0.25) is 0 Å². The molecule has 64 valence electrons. The van der Waals surface area contributed by atoms with Crippen molar-refractivity contribution in [2.75, 3.05) is 0 Å². The van der Waals surface area contributed by atoms with Gasteiger partial charge >= 0.3 is 23.2 Å². The average Bonchev–Trinajstić information content (AvgIpc) is 1.88. The van der Waals surface area contributed by atoms with Crippen LogP contribution in [-0.2, 0) is 23.2 Å². The molecule has 4 heteroatoms. The van der Waals surface area contributed by atoms with Gasteiger partial charge < -0.3 is 0 Å². The van der Waals surface area contributed by atoms with Crippen molar-refractivity contribution in [2.24, 2.45) is 0 Å². The van der Waals surface area contributed by atoms with Crippen LogP contribution in [0.15, 0.2) is 30.3 Å². The Morgan fingerprint density at radius 3 is 1.64 bits per heavy atom. The molecule has 0 aliphatic rings. The van der Waals surface area contributed by atoms with E-state index in [1.165, 1.54) is 12.1 Å². The normalized spacial score (nSPS) is 10.5. The first kappa shape index (κ1) is 10.5. The van der Waals surface area contributed by atoms with E-state index in [0.29, 0.717) is 0 Å². The molecule has 0 aliphatic carbocycles. The zero-order valence-corrected chi connectivity index (χ0v) is 6.26. The van der Waals surface area contributed by atoms with Gasteiger partial charge in [-0.15, -0.1) is 0 Å². The Kier molecular flexibility index (Phi) is 3.63. The molecular formula is C7H5CuF3+. The van der Waals surface area contributed by atoms with Gasteiger partial charge in [-0.05, 0) is 0 Å². The molecule has 0 N–H and O–H groups in total. The van der Waals surface area contributed by atoms with Gasteiger partial charge in [0.1, 0.15) is 0 Å². The first-order valence-corrected chi connectivity index (χ1v) is 2.73. The van der Waals surface area contributed by atoms with Gasteiger partial charge in [0.05, 0.1) is 5.56 Å². The Balaban J connectivity index is 0.000001000. The summed E-state index contributed by atoms with van der Waals surface area (Å²) in [6.45, 7) is 0. The van der Waals surface area contributed by atoms with Gasteiger partial charge in [0, 0.05) is 0 Å². The van der Waals surface area contributed by atoms with Crippen LogP contribution in [0.3, 0.4) is 0 Å². The standard InChI is InChI=1S/C7H5F3.Cu/c8-7(9,10)6-4-2-1-3-5-6;/h1-5H;/q;+1. The van der Waals surface area contributed by atoms with Gasteiger partial charge in [-0.2, -0.15) is 13.2 Å². The first-order chi connectivity index (χ1) is 4.61. The Morgan fingerprint density at radius 1 is 0.909 bits per heavy atom. The summed E-state index contributed by atoms with van der Waals surface area (Å²) in [4.78, 5) is 0. The maximum atomic E-state index is 11.8. The van der Waals surface area contributed by atoms with E-state index in [4.69, 9.17) is 0 Å². The number of hydrogen-bond donors (Lipinski definition) is 0. The topological polar surface area (TPSA) is 0 Å². The van der Waals surface area contributed by atoms with Crippen molar-refractivity contribution in [3.05, 3.63) is 35.9 Å². The maximum Gasteiger partial charge on any atom is 1.00 e. The molecule has 0 aliphatic heterocycles. The molecular weight excluding hydrogens is 205 g/mol. The fraction of sp³-hybridized carbons (Fsp3) is 0.143. The molecule has 0 fully saturated rings. The van der Waals surface area contributed by atoms with E-state index in [0.717, 1.165) is 12.1 Å². The molecule has 0 atom stereocenters. The van der Waals surface area contributed by atoms with E-state index in [9.17, 15) is 13.2 Å². The zero-order chi connectivity index (χ0) is 7.61. The minimum Gasteiger partial charge on any atom is -0.166 e. The fourth-order valence-electron chi connectivity index (χ4n) is 0.627. The van der Waals surface area contributed by atoms with Crippen molar-refractivity contribution in [3.63, 3.8) is 0 Å². The van der Waals surface area contributed by atoms with Crippen LogP contribution in [0.2, 0.25) is 0 Å². The Bertz CT molecular complexity index is 205. The number of rotatable bonds is 0. The van der Waals surface area contributed by atoms with Crippen molar-refractivity contribution in [1.29, 1.82) is 0 Å². The largest absolute Gasteiger partial charge is 1.00 e. The molecule has 1 aromatic rings. The predicted molar refractivity (Wildman–Crippen MR) is 31.4 cm³/mol. The first-order valence-electron chi connectivity index (χ1n) is 2.73. The Hall–Kier alpha value is -0.471. The molecule has 0 saturated heterocycles. The zero-order valence-electron chi connectivity index (χ0n) is 5.32. The third-order valence-corrected chi connectivity index (χ3v) is 1.10. The number of benzene rings is 1. The van der Waals surface area contributed by atoms with Gasteiger partial charge in [-0.1, -0.05) is 30.3 Å². The second-order valence-electron chi connectivity index (χ2n) is 1.86. The van der Waals surface area contributed by atoms with Crippen LogP contribution in [0.4, 0.5) is 13.2 Å². The van der Waals surface area contributed by atoms with Crippen LogP contribution in [0.5, 0.6) is 0 Å². The van der Waals surface area contributed by atoms with Crippen molar-refractivity contribution in [2.45, 2.75) is 6.18 Å². The van der Waals surface area contributed by atoms with Gasteiger partial charge in [-0.25, -0.2) is 0 Å². The van der Waals surface area contributed by atoms with Crippen LogP contribution >= 0.6 is 0 Å². The van der Waals surface area contributed by atoms with Gasteiger partial charge in [-0.3, -0.25) is 0 Å². The Morgan fingerprint density at radius 2 is 1.36 bits per heavy atom. The van der Waals surface area contributed by atoms with Crippen LogP contribution in [0, 0.1) is 0 Å². The van der Waals surface area contributed by atoms with Crippen molar-refractivity contribution >= 4 is 0 Å². The summed E-state index contributed by atoms with van der Waals surface area (Å²) in [5.74, 6) is 0. The Labute approximate surface area is 72.9 Å². The minimum atomic E-state index is -4.21. The minimum absolute atomic E-state index is 0. The quantitative estimate of drug-likeness (QED) is 0.577. The summed E-state index contributed by atoms with van der Waals surface area (Å²) in [5.41, 5.74) is -0.602. The summed E-state index contributed by atoms with van der Waals surface area (Å²) in [5, 5.41) is 0. The molecule has 0 unspecified atom stereocenters. The van der Waals surface area contributed by atoms with Gasteiger partial charge in [0.15, 0.2) is 0 Å². The van der Waals surface area contributed by atoms with Crippen molar-refractivity contribution in [3.8, 4) is 0 Å². The van der Waals surface area contributed by atoms with Gasteiger partial charge in [0.25, 0.3) is 0 Å². The number of halogens is 3. The van der Waals surface area contributed by atoms with E-state index >= 15 is 0 Å². The summed E-state index contributed by atoms with van der Waals surface area (Å²) in [6, 6.07) is 6.36. The van der Waals surface area contributed by atoms with E-state index in [1.54, 1.807) is 6.07 Å². The van der Waals surface area contributed by atoms with Crippen molar-refractivity contribution in [1.82, 2.24) is 0 Å².